The highest BCUT2D eigenvalue weighted by Gasteiger charge is 2.17. The van der Waals surface area contributed by atoms with Gasteiger partial charge in [0.2, 0.25) is 0 Å². The number of carbonyl (C=O) groups excluding carboxylic acids is 1. The molecule has 1 N–H and O–H groups in total. The number of carbonyl (C=O) groups is 1. The van der Waals surface area contributed by atoms with Gasteiger partial charge in [-0.15, -0.1) is 0 Å². The van der Waals surface area contributed by atoms with Crippen LogP contribution in [0, 0.1) is 0 Å². The zero-order valence-electron chi connectivity index (χ0n) is 11.2. The minimum Gasteiger partial charge on any atom is -0.369 e. The van der Waals surface area contributed by atoms with Gasteiger partial charge >= 0.3 is 0 Å². The summed E-state index contributed by atoms with van der Waals surface area (Å²) in [4.78, 5) is 18.4. The van der Waals surface area contributed by atoms with E-state index in [0.717, 1.165) is 17.4 Å². The molecule has 0 aliphatic rings. The highest BCUT2D eigenvalue weighted by atomic mass is 79.9. The van der Waals surface area contributed by atoms with Crippen LogP contribution in [0.2, 0.25) is 0 Å². The first-order valence-corrected chi connectivity index (χ1v) is 7.11. The third kappa shape index (κ3) is 3.70. The zero-order valence-corrected chi connectivity index (χ0v) is 12.7. The van der Waals surface area contributed by atoms with Crippen molar-refractivity contribution in [1.29, 1.82) is 0 Å². The molecule has 0 saturated heterocycles. The topological polar surface area (TPSA) is 45.2 Å². The minimum atomic E-state index is 0.0207. The van der Waals surface area contributed by atoms with Crippen molar-refractivity contribution in [2.75, 3.05) is 25.0 Å². The van der Waals surface area contributed by atoms with Gasteiger partial charge in [-0.05, 0) is 42.3 Å². The molecule has 18 heavy (non-hydrogen) atoms. The van der Waals surface area contributed by atoms with Crippen molar-refractivity contribution in [2.45, 2.75) is 27.2 Å². The summed E-state index contributed by atoms with van der Waals surface area (Å²) in [6.07, 6.45) is 2.70. The monoisotopic (exact) mass is 313 g/mol. The lowest BCUT2D eigenvalue weighted by Crippen LogP contribution is -2.31. The number of amides is 1. The van der Waals surface area contributed by atoms with Crippen molar-refractivity contribution >= 4 is 27.7 Å². The lowest BCUT2D eigenvalue weighted by Gasteiger charge is -2.20. The van der Waals surface area contributed by atoms with Gasteiger partial charge in [0, 0.05) is 30.3 Å². The van der Waals surface area contributed by atoms with Gasteiger partial charge in [-0.2, -0.15) is 0 Å². The Labute approximate surface area is 117 Å². The van der Waals surface area contributed by atoms with Crippen LogP contribution in [0.3, 0.4) is 0 Å². The Hall–Kier alpha value is -1.10. The van der Waals surface area contributed by atoms with Crippen LogP contribution in [0.4, 0.5) is 5.82 Å². The molecule has 1 amide bonds. The van der Waals surface area contributed by atoms with E-state index in [1.165, 1.54) is 0 Å². The Kier molecular flexibility index (Phi) is 6.12. The highest BCUT2D eigenvalue weighted by molar-refractivity contribution is 9.10. The lowest BCUT2D eigenvalue weighted by molar-refractivity contribution is 0.0773. The number of nitrogens with one attached hydrogen (secondary N) is 1. The summed E-state index contributed by atoms with van der Waals surface area (Å²) in [6.45, 7) is 8.26. The van der Waals surface area contributed by atoms with Crippen molar-refractivity contribution in [3.63, 3.8) is 0 Å². The maximum atomic E-state index is 12.4. The summed E-state index contributed by atoms with van der Waals surface area (Å²) >= 11 is 3.36. The minimum absolute atomic E-state index is 0.0207. The summed E-state index contributed by atoms with van der Waals surface area (Å²) < 4.78 is 0.819. The van der Waals surface area contributed by atoms with Gasteiger partial charge < -0.3 is 10.2 Å². The third-order valence-corrected chi connectivity index (χ3v) is 3.11. The molecule has 5 heteroatoms. The number of halogens is 1. The molecule has 0 aromatic carbocycles. The first kappa shape index (κ1) is 15.0. The van der Waals surface area contributed by atoms with Gasteiger partial charge in [0.1, 0.15) is 5.82 Å². The molecule has 0 atom stereocenters. The van der Waals surface area contributed by atoms with Crippen molar-refractivity contribution in [3.8, 4) is 0 Å². The molecule has 100 valence electrons. The second-order valence-electron chi connectivity index (χ2n) is 3.95. The standard InChI is InChI=1S/C13H20BrN3O/c1-4-7-15-12-11(8-10(14)9-16-12)13(18)17(5-2)6-3/h8-9H,4-7H2,1-3H3,(H,15,16). The van der Waals surface area contributed by atoms with E-state index in [-0.39, 0.29) is 5.91 Å². The molecule has 0 unspecified atom stereocenters. The number of hydrogen-bond donors (Lipinski definition) is 1. The molecule has 1 heterocycles. The fourth-order valence-corrected chi connectivity index (χ4v) is 2.00. The SMILES string of the molecule is CCCNc1ncc(Br)cc1C(=O)N(CC)CC. The Morgan fingerprint density at radius 2 is 2.06 bits per heavy atom. The highest BCUT2D eigenvalue weighted by Crippen LogP contribution is 2.19. The second-order valence-corrected chi connectivity index (χ2v) is 4.87. The molecular weight excluding hydrogens is 294 g/mol. The van der Waals surface area contributed by atoms with Gasteiger partial charge in [-0.3, -0.25) is 4.79 Å². The summed E-state index contributed by atoms with van der Waals surface area (Å²) in [7, 11) is 0. The molecular formula is C13H20BrN3O. The molecule has 0 bridgehead atoms. The number of rotatable bonds is 6. The van der Waals surface area contributed by atoms with Gasteiger partial charge in [0.05, 0.1) is 5.56 Å². The van der Waals surface area contributed by atoms with Crippen molar-refractivity contribution in [1.82, 2.24) is 9.88 Å². The largest absolute Gasteiger partial charge is 0.369 e. The van der Waals surface area contributed by atoms with Gasteiger partial charge in [0.25, 0.3) is 5.91 Å². The summed E-state index contributed by atoms with van der Waals surface area (Å²) in [5.41, 5.74) is 0.626. The van der Waals surface area contributed by atoms with E-state index in [2.05, 4.69) is 33.2 Å². The van der Waals surface area contributed by atoms with E-state index in [1.807, 2.05) is 19.9 Å². The first-order chi connectivity index (χ1) is 8.63. The number of hydrogen-bond acceptors (Lipinski definition) is 3. The quantitative estimate of drug-likeness (QED) is 0.877. The van der Waals surface area contributed by atoms with E-state index in [4.69, 9.17) is 0 Å². The molecule has 0 saturated carbocycles. The average molecular weight is 314 g/mol. The van der Waals surface area contributed by atoms with Gasteiger partial charge in [0.15, 0.2) is 0 Å². The number of pyridine rings is 1. The van der Waals surface area contributed by atoms with Crippen LogP contribution in [0.15, 0.2) is 16.7 Å². The predicted molar refractivity (Wildman–Crippen MR) is 78.0 cm³/mol. The molecule has 1 rings (SSSR count). The fourth-order valence-electron chi connectivity index (χ4n) is 1.67. The Morgan fingerprint density at radius 1 is 1.39 bits per heavy atom. The zero-order chi connectivity index (χ0) is 13.5. The third-order valence-electron chi connectivity index (χ3n) is 2.68. The predicted octanol–water partition coefficient (Wildman–Crippen LogP) is 3.15. The smallest absolute Gasteiger partial charge is 0.257 e. The van der Waals surface area contributed by atoms with E-state index < -0.39 is 0 Å². The number of aromatic nitrogens is 1. The van der Waals surface area contributed by atoms with Crippen LogP contribution in [-0.4, -0.2) is 35.4 Å². The van der Waals surface area contributed by atoms with Crippen LogP contribution in [0.25, 0.3) is 0 Å². The van der Waals surface area contributed by atoms with Gasteiger partial charge in [-0.25, -0.2) is 4.98 Å². The molecule has 1 aromatic rings. The Morgan fingerprint density at radius 3 is 2.61 bits per heavy atom. The van der Waals surface area contributed by atoms with Crippen LogP contribution in [0.5, 0.6) is 0 Å². The molecule has 0 fully saturated rings. The lowest BCUT2D eigenvalue weighted by atomic mass is 10.2. The van der Waals surface area contributed by atoms with Crippen LogP contribution < -0.4 is 5.32 Å². The number of anilines is 1. The van der Waals surface area contributed by atoms with E-state index in [0.29, 0.717) is 24.5 Å². The summed E-state index contributed by atoms with van der Waals surface area (Å²) in [5.74, 6) is 0.685. The summed E-state index contributed by atoms with van der Waals surface area (Å²) in [5, 5.41) is 3.19. The van der Waals surface area contributed by atoms with Crippen molar-refractivity contribution < 1.29 is 4.79 Å². The Balaban J connectivity index is 3.03. The first-order valence-electron chi connectivity index (χ1n) is 6.32. The molecule has 0 radical (unpaired) electrons. The number of nitrogens with zero attached hydrogens (tertiary/aromatic N) is 2. The molecule has 0 aliphatic heterocycles. The van der Waals surface area contributed by atoms with E-state index in [1.54, 1.807) is 11.1 Å². The van der Waals surface area contributed by atoms with Crippen LogP contribution in [-0.2, 0) is 0 Å². The Bertz CT molecular complexity index is 405. The van der Waals surface area contributed by atoms with E-state index >= 15 is 0 Å². The van der Waals surface area contributed by atoms with Gasteiger partial charge in [-0.1, -0.05) is 6.92 Å². The average Bonchev–Trinajstić information content (AvgIpc) is 2.38. The van der Waals surface area contributed by atoms with Crippen LogP contribution in [0.1, 0.15) is 37.6 Å². The molecule has 0 spiro atoms. The summed E-state index contributed by atoms with van der Waals surface area (Å²) in [6, 6.07) is 1.83. The molecule has 4 nitrogen and oxygen atoms in total. The normalized spacial score (nSPS) is 10.2. The second kappa shape index (κ2) is 7.36. The maximum Gasteiger partial charge on any atom is 0.257 e. The van der Waals surface area contributed by atoms with E-state index in [9.17, 15) is 4.79 Å². The molecule has 0 aliphatic carbocycles. The van der Waals surface area contributed by atoms with Crippen molar-refractivity contribution in [3.05, 3.63) is 22.3 Å². The van der Waals surface area contributed by atoms with Crippen LogP contribution >= 0.6 is 15.9 Å². The maximum absolute atomic E-state index is 12.4. The fraction of sp³-hybridized carbons (Fsp3) is 0.538. The van der Waals surface area contributed by atoms with Crippen molar-refractivity contribution in [2.24, 2.45) is 0 Å². The molecule has 1 aromatic heterocycles.